The molecule has 0 unspecified atom stereocenters. The third-order valence-corrected chi connectivity index (χ3v) is 5.14. The van der Waals surface area contributed by atoms with Crippen molar-refractivity contribution in [3.8, 4) is 0 Å². The van der Waals surface area contributed by atoms with Gasteiger partial charge in [0.05, 0.1) is 0 Å². The van der Waals surface area contributed by atoms with Crippen LogP contribution in [0.2, 0.25) is 0 Å². The minimum Gasteiger partial charge on any atom is -0.272 e. The second-order valence-corrected chi connectivity index (χ2v) is 6.54. The van der Waals surface area contributed by atoms with E-state index in [2.05, 4.69) is 11.6 Å². The minimum absolute atomic E-state index is 2.25. The van der Waals surface area contributed by atoms with Crippen LogP contribution >= 0.6 is 11.6 Å². The molecule has 18 heavy (non-hydrogen) atoms. The molecule has 6 nitrogen and oxygen atoms in total. The molecule has 0 heterocycles. The standard InChI is InChI=1S/C3HClF6N2O4S2/c4-1(11)12(17(13,14)2(5,6)7)18(15,16)3(8,9)10/h11H. The van der Waals surface area contributed by atoms with Crippen molar-refractivity contribution >= 4 is 36.9 Å². The molecule has 0 aliphatic rings. The summed E-state index contributed by atoms with van der Waals surface area (Å²) < 4.78 is 112. The number of nitrogens with zero attached hydrogens (tertiary/aromatic N) is 1. The number of hydrogen-bond acceptors (Lipinski definition) is 5. The highest BCUT2D eigenvalue weighted by Gasteiger charge is 2.62. The molecule has 0 saturated carbocycles. The first kappa shape index (κ1) is 17.2. The van der Waals surface area contributed by atoms with Crippen LogP contribution < -0.4 is 0 Å². The van der Waals surface area contributed by atoms with E-state index in [1.165, 1.54) is 0 Å². The summed E-state index contributed by atoms with van der Waals surface area (Å²) in [6.07, 6.45) is 0. The average Bonchev–Trinajstić information content (AvgIpc) is 1.96. The Labute approximate surface area is 101 Å². The molecular formula is C3HClF6N2O4S2. The normalized spacial score (nSPS) is 14.4. The summed E-state index contributed by atoms with van der Waals surface area (Å²) in [5.74, 6) is 0. The monoisotopic (exact) mass is 342 g/mol. The molecule has 0 atom stereocenters. The highest BCUT2D eigenvalue weighted by molar-refractivity contribution is 8.05. The number of sulfonamides is 2. The summed E-state index contributed by atoms with van der Waals surface area (Å²) in [5, 5.41) is 3.76. The van der Waals surface area contributed by atoms with Gasteiger partial charge in [-0.3, -0.25) is 5.41 Å². The first-order chi connectivity index (χ1) is 7.57. The summed E-state index contributed by atoms with van der Waals surface area (Å²) in [4.78, 5) is 0. The summed E-state index contributed by atoms with van der Waals surface area (Å²) in [6, 6.07) is 0. The Hall–Kier alpha value is -0.760. The van der Waals surface area contributed by atoms with Crippen LogP contribution in [0.3, 0.4) is 0 Å². The Kier molecular flexibility index (Phi) is 4.23. The lowest BCUT2D eigenvalue weighted by Gasteiger charge is -2.22. The van der Waals surface area contributed by atoms with Crippen molar-refractivity contribution < 1.29 is 43.2 Å². The molecule has 0 aliphatic carbocycles. The van der Waals surface area contributed by atoms with Crippen LogP contribution in [0, 0.1) is 5.41 Å². The first-order valence-electron chi connectivity index (χ1n) is 3.24. The maximum atomic E-state index is 11.9. The second-order valence-electron chi connectivity index (χ2n) is 2.39. The van der Waals surface area contributed by atoms with Crippen LogP contribution in [0.5, 0.6) is 0 Å². The van der Waals surface area contributed by atoms with Crippen molar-refractivity contribution in [3.63, 3.8) is 0 Å². The van der Waals surface area contributed by atoms with Gasteiger partial charge < -0.3 is 0 Å². The molecule has 1 N–H and O–H groups in total. The van der Waals surface area contributed by atoms with Gasteiger partial charge in [0.2, 0.25) is 5.29 Å². The van der Waals surface area contributed by atoms with Crippen LogP contribution in [-0.4, -0.2) is 36.9 Å². The number of alkyl halides is 6. The Morgan fingerprint density at radius 2 is 1.11 bits per heavy atom. The predicted octanol–water partition coefficient (Wildman–Crippen LogP) is 1.16. The van der Waals surface area contributed by atoms with Crippen LogP contribution in [0.15, 0.2) is 0 Å². The van der Waals surface area contributed by atoms with Gasteiger partial charge in [0.25, 0.3) is 0 Å². The Balaban J connectivity index is 6.23. The maximum Gasteiger partial charge on any atom is 0.517 e. The lowest BCUT2D eigenvalue weighted by Crippen LogP contribution is -2.50. The van der Waals surface area contributed by atoms with Gasteiger partial charge in [0.1, 0.15) is 0 Å². The van der Waals surface area contributed by atoms with Gasteiger partial charge in [-0.05, 0) is 11.6 Å². The van der Waals surface area contributed by atoms with Gasteiger partial charge >= 0.3 is 31.1 Å². The average molecular weight is 343 g/mol. The van der Waals surface area contributed by atoms with E-state index in [9.17, 15) is 43.2 Å². The maximum absolute atomic E-state index is 11.9. The van der Waals surface area contributed by atoms with Crippen molar-refractivity contribution in [2.75, 3.05) is 0 Å². The number of rotatable bonds is 2. The lowest BCUT2D eigenvalue weighted by atomic mass is 11.4. The van der Waals surface area contributed by atoms with E-state index in [1.807, 2.05) is 0 Å². The quantitative estimate of drug-likeness (QED) is 0.352. The van der Waals surface area contributed by atoms with Gasteiger partial charge in [0, 0.05) is 0 Å². The molecule has 0 spiro atoms. The van der Waals surface area contributed by atoms with Crippen molar-refractivity contribution in [1.29, 1.82) is 5.41 Å². The van der Waals surface area contributed by atoms with Crippen LogP contribution in [0.1, 0.15) is 0 Å². The van der Waals surface area contributed by atoms with E-state index in [1.54, 1.807) is 0 Å². The van der Waals surface area contributed by atoms with Crippen LogP contribution in [0.25, 0.3) is 0 Å². The predicted molar refractivity (Wildman–Crippen MR) is 45.4 cm³/mol. The first-order valence-corrected chi connectivity index (χ1v) is 6.49. The summed E-state index contributed by atoms with van der Waals surface area (Å²) in [6.45, 7) is 0. The smallest absolute Gasteiger partial charge is 0.272 e. The topological polar surface area (TPSA) is 95.4 Å². The molecule has 0 aromatic carbocycles. The molecular weight excluding hydrogens is 342 g/mol. The fourth-order valence-electron chi connectivity index (χ4n) is 0.528. The lowest BCUT2D eigenvalue weighted by molar-refractivity contribution is -0.0510. The van der Waals surface area contributed by atoms with E-state index in [0.29, 0.717) is 0 Å². The zero-order valence-electron chi connectivity index (χ0n) is 7.54. The summed E-state index contributed by atoms with van der Waals surface area (Å²) >= 11 is 4.38. The molecule has 0 aromatic rings. The SMILES string of the molecule is N=C(Cl)N(S(=O)(=O)C(F)(F)F)S(=O)(=O)C(F)(F)F. The molecule has 0 amide bonds. The zero-order chi connectivity index (χ0) is 15.2. The fraction of sp³-hybridized carbons (Fsp3) is 0.667. The highest BCUT2D eigenvalue weighted by Crippen LogP contribution is 2.35. The van der Waals surface area contributed by atoms with E-state index >= 15 is 0 Å². The van der Waals surface area contributed by atoms with E-state index in [-0.39, 0.29) is 0 Å². The number of halogens is 7. The van der Waals surface area contributed by atoms with Crippen molar-refractivity contribution in [2.45, 2.75) is 11.0 Å². The van der Waals surface area contributed by atoms with Gasteiger partial charge in [0.15, 0.2) is 0 Å². The number of amidine groups is 1. The molecule has 0 aromatic heterocycles. The zero-order valence-corrected chi connectivity index (χ0v) is 9.93. The van der Waals surface area contributed by atoms with Crippen molar-refractivity contribution in [1.82, 2.24) is 3.71 Å². The highest BCUT2D eigenvalue weighted by atomic mass is 35.5. The molecule has 0 aliphatic heterocycles. The molecule has 0 saturated heterocycles. The molecule has 0 radical (unpaired) electrons. The Bertz CT molecular complexity index is 502. The Morgan fingerprint density at radius 3 is 1.22 bits per heavy atom. The minimum atomic E-state index is -7.01. The molecule has 15 heteroatoms. The molecule has 0 fully saturated rings. The van der Waals surface area contributed by atoms with Crippen LogP contribution in [0.4, 0.5) is 26.3 Å². The second kappa shape index (κ2) is 4.41. The fourth-order valence-corrected chi connectivity index (χ4v) is 3.41. The number of nitrogens with one attached hydrogen (secondary N) is 1. The third-order valence-electron chi connectivity index (χ3n) is 1.18. The van der Waals surface area contributed by atoms with E-state index < -0.39 is 40.1 Å². The summed E-state index contributed by atoms with van der Waals surface area (Å²) in [7, 11) is -14.0. The molecule has 0 rings (SSSR count). The molecule has 108 valence electrons. The van der Waals surface area contributed by atoms with E-state index in [0.717, 1.165) is 0 Å². The van der Waals surface area contributed by atoms with Gasteiger partial charge in [-0.15, -0.1) is 3.71 Å². The van der Waals surface area contributed by atoms with Gasteiger partial charge in [-0.2, -0.15) is 43.2 Å². The van der Waals surface area contributed by atoms with Gasteiger partial charge in [-0.1, -0.05) is 0 Å². The Morgan fingerprint density at radius 1 is 0.889 bits per heavy atom. The summed E-state index contributed by atoms with van der Waals surface area (Å²) in [5.41, 5.74) is -12.8. The third kappa shape index (κ3) is 2.80. The van der Waals surface area contributed by atoms with Crippen LogP contribution in [-0.2, 0) is 20.0 Å². The van der Waals surface area contributed by atoms with Crippen molar-refractivity contribution in [3.05, 3.63) is 0 Å². The van der Waals surface area contributed by atoms with Crippen molar-refractivity contribution in [2.24, 2.45) is 0 Å². The van der Waals surface area contributed by atoms with E-state index in [4.69, 9.17) is 5.41 Å². The van der Waals surface area contributed by atoms with Gasteiger partial charge in [-0.25, -0.2) is 0 Å². The number of hydrogen-bond donors (Lipinski definition) is 1. The molecule has 0 bridgehead atoms. The largest absolute Gasteiger partial charge is 0.517 e.